The van der Waals surface area contributed by atoms with Crippen LogP contribution in [0.3, 0.4) is 0 Å². The van der Waals surface area contributed by atoms with Crippen LogP contribution in [-0.4, -0.2) is 35.1 Å². The Hall–Kier alpha value is -1.18. The van der Waals surface area contributed by atoms with Crippen LogP contribution in [0.25, 0.3) is 0 Å². The van der Waals surface area contributed by atoms with E-state index in [4.69, 9.17) is 5.73 Å². The zero-order valence-electron chi connectivity index (χ0n) is 10.3. The summed E-state index contributed by atoms with van der Waals surface area (Å²) in [7, 11) is 1.68. The van der Waals surface area contributed by atoms with E-state index in [2.05, 4.69) is 9.97 Å². The molecule has 1 unspecified atom stereocenters. The van der Waals surface area contributed by atoms with Crippen LogP contribution in [0.5, 0.6) is 0 Å². The molecule has 1 aromatic heterocycles. The molecule has 0 aromatic carbocycles. The van der Waals surface area contributed by atoms with Gasteiger partial charge in [0.2, 0.25) is 5.82 Å². The van der Waals surface area contributed by atoms with Gasteiger partial charge < -0.3 is 10.6 Å². The highest BCUT2D eigenvalue weighted by molar-refractivity contribution is 7.98. The minimum absolute atomic E-state index is 0.0513. The number of nitrogens with two attached hydrogens (primary N) is 1. The number of halogens is 3. The fraction of sp³-hybridized carbons (Fsp3) is 0.600. The van der Waals surface area contributed by atoms with Gasteiger partial charge in [0.15, 0.2) is 0 Å². The summed E-state index contributed by atoms with van der Waals surface area (Å²) in [6.07, 6.45) is -2.66. The van der Waals surface area contributed by atoms with Crippen molar-refractivity contribution in [3.05, 3.63) is 11.9 Å². The van der Waals surface area contributed by atoms with Crippen molar-refractivity contribution in [1.82, 2.24) is 9.97 Å². The average Bonchev–Trinajstić information content (AvgIpc) is 2.26. The molecule has 2 N–H and O–H groups in total. The number of alkyl halides is 3. The maximum Gasteiger partial charge on any atom is 0.451 e. The fourth-order valence-corrected chi connectivity index (χ4v) is 2.04. The number of rotatable bonds is 4. The summed E-state index contributed by atoms with van der Waals surface area (Å²) in [6, 6.07) is 1.39. The molecule has 8 heteroatoms. The van der Waals surface area contributed by atoms with Crippen molar-refractivity contribution in [3.63, 3.8) is 0 Å². The lowest BCUT2D eigenvalue weighted by Gasteiger charge is -2.25. The quantitative estimate of drug-likeness (QED) is 0.917. The number of nitrogen functional groups attached to an aromatic ring is 1. The molecule has 0 fully saturated rings. The monoisotopic (exact) mass is 280 g/mol. The molecule has 102 valence electrons. The number of anilines is 2. The number of thioether (sulfide) groups is 1. The topological polar surface area (TPSA) is 55.0 Å². The molecule has 4 nitrogen and oxygen atoms in total. The Labute approximate surface area is 108 Å². The highest BCUT2D eigenvalue weighted by Crippen LogP contribution is 2.28. The highest BCUT2D eigenvalue weighted by Gasteiger charge is 2.35. The minimum atomic E-state index is -4.59. The second-order valence-corrected chi connectivity index (χ2v) is 4.80. The van der Waals surface area contributed by atoms with Gasteiger partial charge in [-0.05, 0) is 13.2 Å². The van der Waals surface area contributed by atoms with Gasteiger partial charge in [0.25, 0.3) is 0 Å². The van der Waals surface area contributed by atoms with Gasteiger partial charge in [0, 0.05) is 24.9 Å². The van der Waals surface area contributed by atoms with Crippen molar-refractivity contribution in [2.75, 3.05) is 29.7 Å². The first-order valence-corrected chi connectivity index (χ1v) is 6.58. The van der Waals surface area contributed by atoms with E-state index in [0.29, 0.717) is 0 Å². The van der Waals surface area contributed by atoms with Gasteiger partial charge in [-0.2, -0.15) is 24.9 Å². The number of hydrogen-bond acceptors (Lipinski definition) is 5. The summed E-state index contributed by atoms with van der Waals surface area (Å²) in [4.78, 5) is 8.37. The molecule has 0 radical (unpaired) electrons. The summed E-state index contributed by atoms with van der Waals surface area (Å²) < 4.78 is 37.7. The summed E-state index contributed by atoms with van der Waals surface area (Å²) in [5, 5.41) is 0. The summed E-state index contributed by atoms with van der Waals surface area (Å²) in [5.74, 6) is -0.436. The summed E-state index contributed by atoms with van der Waals surface area (Å²) >= 11 is 1.61. The van der Waals surface area contributed by atoms with Gasteiger partial charge in [0.1, 0.15) is 11.6 Å². The Balaban J connectivity index is 3.06. The van der Waals surface area contributed by atoms with Crippen molar-refractivity contribution < 1.29 is 13.2 Å². The molecule has 18 heavy (non-hydrogen) atoms. The van der Waals surface area contributed by atoms with Crippen LogP contribution in [0.15, 0.2) is 6.07 Å². The van der Waals surface area contributed by atoms with E-state index < -0.39 is 12.0 Å². The summed E-state index contributed by atoms with van der Waals surface area (Å²) in [5.41, 5.74) is 5.39. The van der Waals surface area contributed by atoms with Crippen molar-refractivity contribution in [2.24, 2.45) is 0 Å². The lowest BCUT2D eigenvalue weighted by atomic mass is 10.3. The number of hydrogen-bond donors (Lipinski definition) is 1. The third-order valence-electron chi connectivity index (χ3n) is 2.42. The Bertz CT molecular complexity index is 411. The van der Waals surface area contributed by atoms with E-state index in [1.54, 1.807) is 23.7 Å². The van der Waals surface area contributed by atoms with Gasteiger partial charge in [0.05, 0.1) is 0 Å². The first-order valence-electron chi connectivity index (χ1n) is 5.19. The Morgan fingerprint density at radius 3 is 2.56 bits per heavy atom. The van der Waals surface area contributed by atoms with Gasteiger partial charge in [-0.3, -0.25) is 0 Å². The normalized spacial score (nSPS) is 13.4. The summed E-state index contributed by atoms with van der Waals surface area (Å²) in [6.45, 7) is 1.90. The SMILES string of the molecule is CSCC(C)N(C)c1cc(N)nc(C(F)(F)F)n1. The van der Waals surface area contributed by atoms with E-state index >= 15 is 0 Å². The van der Waals surface area contributed by atoms with E-state index in [1.165, 1.54) is 6.07 Å². The van der Waals surface area contributed by atoms with Crippen molar-refractivity contribution >= 4 is 23.4 Å². The molecule has 0 aliphatic rings. The number of nitrogens with zero attached hydrogens (tertiary/aromatic N) is 3. The Kier molecular flexibility index (Phi) is 4.66. The van der Waals surface area contributed by atoms with Crippen LogP contribution < -0.4 is 10.6 Å². The Morgan fingerprint density at radius 2 is 2.06 bits per heavy atom. The average molecular weight is 280 g/mol. The maximum absolute atomic E-state index is 12.6. The van der Waals surface area contributed by atoms with E-state index in [9.17, 15) is 13.2 Å². The molecule has 0 bridgehead atoms. The molecule has 0 aliphatic heterocycles. The van der Waals surface area contributed by atoms with Crippen LogP contribution >= 0.6 is 11.8 Å². The van der Waals surface area contributed by atoms with Crippen LogP contribution in [0.1, 0.15) is 12.7 Å². The zero-order chi connectivity index (χ0) is 13.9. The fourth-order valence-electron chi connectivity index (χ4n) is 1.34. The molecule has 1 aromatic rings. The van der Waals surface area contributed by atoms with Crippen LogP contribution in [-0.2, 0) is 6.18 Å². The van der Waals surface area contributed by atoms with Gasteiger partial charge >= 0.3 is 6.18 Å². The predicted molar refractivity (Wildman–Crippen MR) is 67.7 cm³/mol. The smallest absolute Gasteiger partial charge is 0.384 e. The van der Waals surface area contributed by atoms with Crippen LogP contribution in [0, 0.1) is 0 Å². The maximum atomic E-state index is 12.6. The molecule has 0 spiro atoms. The second kappa shape index (κ2) is 5.64. The first-order chi connectivity index (χ1) is 8.25. The second-order valence-electron chi connectivity index (χ2n) is 3.89. The minimum Gasteiger partial charge on any atom is -0.384 e. The van der Waals surface area contributed by atoms with Crippen LogP contribution in [0.2, 0.25) is 0 Å². The third kappa shape index (κ3) is 3.66. The van der Waals surface area contributed by atoms with E-state index in [-0.39, 0.29) is 17.7 Å². The lowest BCUT2D eigenvalue weighted by molar-refractivity contribution is -0.144. The molecular weight excluding hydrogens is 265 g/mol. The van der Waals surface area contributed by atoms with Crippen molar-refractivity contribution in [3.8, 4) is 0 Å². The zero-order valence-corrected chi connectivity index (χ0v) is 11.1. The third-order valence-corrected chi connectivity index (χ3v) is 3.23. The van der Waals surface area contributed by atoms with E-state index in [0.717, 1.165) is 5.75 Å². The largest absolute Gasteiger partial charge is 0.451 e. The van der Waals surface area contributed by atoms with Gasteiger partial charge in [-0.15, -0.1) is 0 Å². The lowest BCUT2D eigenvalue weighted by Crippen LogP contribution is -2.32. The first kappa shape index (κ1) is 14.9. The Morgan fingerprint density at radius 1 is 1.44 bits per heavy atom. The molecule has 0 amide bonds. The molecular formula is C10H15F3N4S. The molecule has 1 atom stereocenters. The number of aromatic nitrogens is 2. The van der Waals surface area contributed by atoms with Gasteiger partial charge in [-0.1, -0.05) is 0 Å². The van der Waals surface area contributed by atoms with Gasteiger partial charge in [-0.25, -0.2) is 9.97 Å². The molecule has 0 saturated heterocycles. The predicted octanol–water partition coefficient (Wildman–Crippen LogP) is 2.27. The molecule has 1 rings (SSSR count). The van der Waals surface area contributed by atoms with Crippen LogP contribution in [0.4, 0.5) is 24.8 Å². The molecule has 0 saturated carbocycles. The van der Waals surface area contributed by atoms with Crippen molar-refractivity contribution in [1.29, 1.82) is 0 Å². The van der Waals surface area contributed by atoms with E-state index in [1.807, 2.05) is 13.2 Å². The molecule has 0 aliphatic carbocycles. The highest BCUT2D eigenvalue weighted by atomic mass is 32.2. The standard InChI is InChI=1S/C10H15F3N4S/c1-6(5-18-3)17(2)8-4-7(14)15-9(16-8)10(11,12)13/h4,6H,5H2,1-3H3,(H2,14,15,16). The van der Waals surface area contributed by atoms with Crippen molar-refractivity contribution in [2.45, 2.75) is 19.1 Å². The molecule has 1 heterocycles.